The van der Waals surface area contributed by atoms with Crippen molar-refractivity contribution in [1.29, 1.82) is 0 Å². The minimum absolute atomic E-state index is 0.222. The third-order valence-corrected chi connectivity index (χ3v) is 4.62. The molecule has 0 saturated carbocycles. The van der Waals surface area contributed by atoms with Crippen LogP contribution in [0.5, 0.6) is 0 Å². The molecule has 6 heteroatoms. The Kier molecular flexibility index (Phi) is 5.48. The zero-order valence-electron chi connectivity index (χ0n) is 13.1. The fraction of sp³-hybridized carbons (Fsp3) is 0.0526. The maximum atomic E-state index is 12.8. The molecular formula is C19H15ClN2O2S. The smallest absolute Gasteiger partial charge is 0.263 e. The number of nitrogens with one attached hydrogen (secondary N) is 2. The van der Waals surface area contributed by atoms with Crippen LogP contribution < -0.4 is 10.6 Å². The summed E-state index contributed by atoms with van der Waals surface area (Å²) in [6.45, 7) is 0. The number of amides is 1. The van der Waals surface area contributed by atoms with Gasteiger partial charge in [0.1, 0.15) is 0 Å². The van der Waals surface area contributed by atoms with Crippen LogP contribution in [0, 0.1) is 0 Å². The van der Waals surface area contributed by atoms with E-state index in [-0.39, 0.29) is 11.7 Å². The first kappa shape index (κ1) is 17.2. The zero-order chi connectivity index (χ0) is 17.6. The number of benzene rings is 2. The van der Waals surface area contributed by atoms with E-state index < -0.39 is 6.17 Å². The Morgan fingerprint density at radius 1 is 0.920 bits per heavy atom. The first-order valence-electron chi connectivity index (χ1n) is 7.59. The summed E-state index contributed by atoms with van der Waals surface area (Å²) < 4.78 is 0. The molecule has 25 heavy (non-hydrogen) atoms. The summed E-state index contributed by atoms with van der Waals surface area (Å²) in [7, 11) is 0. The Labute approximate surface area is 154 Å². The highest BCUT2D eigenvalue weighted by Crippen LogP contribution is 2.16. The van der Waals surface area contributed by atoms with Crippen LogP contribution in [0.2, 0.25) is 5.02 Å². The fourth-order valence-corrected chi connectivity index (χ4v) is 3.01. The largest absolute Gasteiger partial charge is 0.359 e. The summed E-state index contributed by atoms with van der Waals surface area (Å²) in [6.07, 6.45) is -0.891. The standard InChI is InChI=1S/C19H15ClN2O2S/c20-14-8-10-15(11-9-14)21-18(17(23)13-5-2-1-3-6-13)22-19(24)16-7-4-12-25-16/h1-12,18,21H,(H,22,24)/t18-/m1/s1. The quantitative estimate of drug-likeness (QED) is 0.497. The molecule has 3 rings (SSSR count). The minimum atomic E-state index is -0.891. The van der Waals surface area contributed by atoms with Crippen LogP contribution >= 0.6 is 22.9 Å². The van der Waals surface area contributed by atoms with Crippen molar-refractivity contribution in [3.05, 3.63) is 87.6 Å². The van der Waals surface area contributed by atoms with Crippen molar-refractivity contribution in [2.24, 2.45) is 0 Å². The lowest BCUT2D eigenvalue weighted by Crippen LogP contribution is -2.46. The van der Waals surface area contributed by atoms with E-state index in [0.717, 1.165) is 0 Å². The molecule has 1 atom stereocenters. The van der Waals surface area contributed by atoms with Gasteiger partial charge in [0, 0.05) is 16.3 Å². The average molecular weight is 371 g/mol. The lowest BCUT2D eigenvalue weighted by Gasteiger charge is -2.20. The maximum Gasteiger partial charge on any atom is 0.263 e. The second-order valence-corrected chi connectivity index (χ2v) is 6.65. The van der Waals surface area contributed by atoms with Crippen molar-refractivity contribution < 1.29 is 9.59 Å². The zero-order valence-corrected chi connectivity index (χ0v) is 14.7. The van der Waals surface area contributed by atoms with Crippen molar-refractivity contribution in [2.45, 2.75) is 6.17 Å². The number of Topliss-reactive ketones (excluding diaryl/α,β-unsaturated/α-hetero) is 1. The van der Waals surface area contributed by atoms with Gasteiger partial charge < -0.3 is 10.6 Å². The number of carbonyl (C=O) groups excluding carboxylic acids is 2. The highest BCUT2D eigenvalue weighted by atomic mass is 35.5. The fourth-order valence-electron chi connectivity index (χ4n) is 2.26. The van der Waals surface area contributed by atoms with Crippen molar-refractivity contribution in [2.75, 3.05) is 5.32 Å². The molecule has 0 aliphatic carbocycles. The molecule has 3 aromatic rings. The van der Waals surface area contributed by atoms with E-state index in [2.05, 4.69) is 10.6 Å². The van der Waals surface area contributed by atoms with Crippen molar-refractivity contribution in [1.82, 2.24) is 5.32 Å². The first-order valence-corrected chi connectivity index (χ1v) is 8.85. The number of hydrogen-bond donors (Lipinski definition) is 2. The number of hydrogen-bond acceptors (Lipinski definition) is 4. The number of thiophene rings is 1. The summed E-state index contributed by atoms with van der Waals surface area (Å²) >= 11 is 7.22. The topological polar surface area (TPSA) is 58.2 Å². The van der Waals surface area contributed by atoms with Crippen LogP contribution in [0.4, 0.5) is 5.69 Å². The number of halogens is 1. The van der Waals surface area contributed by atoms with Crippen LogP contribution in [0.15, 0.2) is 72.1 Å². The maximum absolute atomic E-state index is 12.8. The van der Waals surface area contributed by atoms with E-state index in [0.29, 0.717) is 21.2 Å². The molecule has 1 amide bonds. The predicted octanol–water partition coefficient (Wildman–Crippen LogP) is 4.45. The molecule has 0 radical (unpaired) electrons. The van der Waals surface area contributed by atoms with Crippen LogP contribution in [0.3, 0.4) is 0 Å². The highest BCUT2D eigenvalue weighted by molar-refractivity contribution is 7.12. The van der Waals surface area contributed by atoms with Gasteiger partial charge in [-0.15, -0.1) is 11.3 Å². The number of anilines is 1. The predicted molar refractivity (Wildman–Crippen MR) is 101 cm³/mol. The molecule has 2 N–H and O–H groups in total. The summed E-state index contributed by atoms with van der Waals surface area (Å²) in [6, 6.07) is 19.3. The van der Waals surface area contributed by atoms with Gasteiger partial charge in [0.25, 0.3) is 5.91 Å². The number of ketones is 1. The van der Waals surface area contributed by atoms with Crippen molar-refractivity contribution in [3.63, 3.8) is 0 Å². The van der Waals surface area contributed by atoms with Gasteiger partial charge in [-0.1, -0.05) is 48.0 Å². The van der Waals surface area contributed by atoms with Crippen LogP contribution in [-0.2, 0) is 0 Å². The molecule has 0 spiro atoms. The average Bonchev–Trinajstić information content (AvgIpc) is 3.18. The molecule has 1 aromatic heterocycles. The highest BCUT2D eigenvalue weighted by Gasteiger charge is 2.23. The second-order valence-electron chi connectivity index (χ2n) is 5.27. The Morgan fingerprint density at radius 2 is 1.64 bits per heavy atom. The molecule has 4 nitrogen and oxygen atoms in total. The van der Waals surface area contributed by atoms with Crippen molar-refractivity contribution in [3.8, 4) is 0 Å². The van der Waals surface area contributed by atoms with Gasteiger partial charge in [-0.2, -0.15) is 0 Å². The Hall–Kier alpha value is -2.63. The molecule has 126 valence electrons. The molecule has 0 aliphatic rings. The van der Waals surface area contributed by atoms with E-state index in [1.807, 2.05) is 11.4 Å². The summed E-state index contributed by atoms with van der Waals surface area (Å²) in [5.41, 5.74) is 1.20. The number of rotatable bonds is 6. The van der Waals surface area contributed by atoms with Gasteiger partial charge in [0.2, 0.25) is 5.78 Å². The van der Waals surface area contributed by atoms with E-state index in [9.17, 15) is 9.59 Å². The molecule has 0 saturated heterocycles. The van der Waals surface area contributed by atoms with Gasteiger partial charge in [-0.3, -0.25) is 9.59 Å². The van der Waals surface area contributed by atoms with Gasteiger partial charge in [-0.25, -0.2) is 0 Å². The van der Waals surface area contributed by atoms with E-state index in [1.165, 1.54) is 11.3 Å². The monoisotopic (exact) mass is 370 g/mol. The van der Waals surface area contributed by atoms with E-state index >= 15 is 0 Å². The summed E-state index contributed by atoms with van der Waals surface area (Å²) in [5.74, 6) is -0.522. The van der Waals surface area contributed by atoms with Crippen LogP contribution in [-0.4, -0.2) is 17.9 Å². The summed E-state index contributed by atoms with van der Waals surface area (Å²) in [5, 5.41) is 8.23. The Balaban J connectivity index is 1.83. The molecule has 0 fully saturated rings. The molecular weight excluding hydrogens is 356 g/mol. The molecule has 0 unspecified atom stereocenters. The normalized spacial score (nSPS) is 11.6. The SMILES string of the molecule is O=C(N[C@@H](Nc1ccc(Cl)cc1)C(=O)c1ccccc1)c1cccs1. The third kappa shape index (κ3) is 4.47. The molecule has 0 bridgehead atoms. The molecule has 2 aromatic carbocycles. The van der Waals surface area contributed by atoms with E-state index in [4.69, 9.17) is 11.6 Å². The van der Waals surface area contributed by atoms with Crippen molar-refractivity contribution >= 4 is 40.3 Å². The third-order valence-electron chi connectivity index (χ3n) is 3.50. The second kappa shape index (κ2) is 7.96. The summed E-state index contributed by atoms with van der Waals surface area (Å²) in [4.78, 5) is 25.7. The van der Waals surface area contributed by atoms with Crippen LogP contribution in [0.25, 0.3) is 0 Å². The number of carbonyl (C=O) groups is 2. The van der Waals surface area contributed by atoms with Crippen LogP contribution in [0.1, 0.15) is 20.0 Å². The van der Waals surface area contributed by atoms with Gasteiger partial charge in [-0.05, 0) is 35.7 Å². The van der Waals surface area contributed by atoms with Gasteiger partial charge in [0.05, 0.1) is 4.88 Å². The van der Waals surface area contributed by atoms with Gasteiger partial charge in [0.15, 0.2) is 6.17 Å². The van der Waals surface area contributed by atoms with Gasteiger partial charge >= 0.3 is 0 Å². The molecule has 1 heterocycles. The first-order chi connectivity index (χ1) is 12.1. The lowest BCUT2D eigenvalue weighted by molar-refractivity contribution is 0.0872. The Morgan fingerprint density at radius 3 is 2.28 bits per heavy atom. The molecule has 0 aliphatic heterocycles. The van der Waals surface area contributed by atoms with E-state index in [1.54, 1.807) is 60.7 Å². The lowest BCUT2D eigenvalue weighted by atomic mass is 10.1. The minimum Gasteiger partial charge on any atom is -0.359 e. The Bertz CT molecular complexity index is 849.